The third-order valence-corrected chi connectivity index (χ3v) is 6.44. The summed E-state index contributed by atoms with van der Waals surface area (Å²) in [5, 5.41) is 5.04. The molecule has 0 fully saturated rings. The second kappa shape index (κ2) is 7.38. The van der Waals surface area contributed by atoms with E-state index in [9.17, 15) is 8.42 Å². The van der Waals surface area contributed by atoms with Gasteiger partial charge in [-0.2, -0.15) is 4.31 Å². The fourth-order valence-corrected chi connectivity index (χ4v) is 5.07. The van der Waals surface area contributed by atoms with Crippen molar-refractivity contribution in [2.75, 3.05) is 13.1 Å². The van der Waals surface area contributed by atoms with E-state index in [1.54, 1.807) is 10.4 Å². The van der Waals surface area contributed by atoms with Gasteiger partial charge in [-0.3, -0.25) is 0 Å². The van der Waals surface area contributed by atoms with Gasteiger partial charge in [0.2, 0.25) is 10.0 Å². The molecule has 1 aromatic heterocycles. The lowest BCUT2D eigenvalue weighted by atomic mass is 10.3. The van der Waals surface area contributed by atoms with Gasteiger partial charge in [0.25, 0.3) is 0 Å². The molecule has 6 heteroatoms. The molecule has 0 aliphatic heterocycles. The molecule has 0 amide bonds. The van der Waals surface area contributed by atoms with E-state index in [4.69, 9.17) is 0 Å². The third-order valence-electron chi connectivity index (χ3n) is 3.22. The summed E-state index contributed by atoms with van der Waals surface area (Å²) in [7, 11) is -3.38. The van der Waals surface area contributed by atoms with Gasteiger partial charge in [0.15, 0.2) is 0 Å². The van der Waals surface area contributed by atoms with Crippen LogP contribution in [0.15, 0.2) is 16.3 Å². The Balaban J connectivity index is 3.08. The van der Waals surface area contributed by atoms with Crippen molar-refractivity contribution < 1.29 is 8.42 Å². The van der Waals surface area contributed by atoms with Crippen LogP contribution in [0.1, 0.15) is 39.0 Å². The van der Waals surface area contributed by atoms with Crippen molar-refractivity contribution in [1.82, 2.24) is 9.62 Å². The van der Waals surface area contributed by atoms with Crippen molar-refractivity contribution in [2.24, 2.45) is 0 Å². The van der Waals surface area contributed by atoms with E-state index < -0.39 is 10.0 Å². The molecule has 0 aliphatic rings. The SMILES string of the molecule is CCNCc1sccc1S(=O)(=O)N(CC)C(C)CC. The fraction of sp³-hybridized carbons (Fsp3) is 0.692. The molecule has 0 aliphatic carbocycles. The predicted octanol–water partition coefficient (Wildman–Crippen LogP) is 2.67. The summed E-state index contributed by atoms with van der Waals surface area (Å²) in [6, 6.07) is 1.75. The van der Waals surface area contributed by atoms with Gasteiger partial charge in [-0.15, -0.1) is 11.3 Å². The number of hydrogen-bond donors (Lipinski definition) is 1. The molecule has 0 aromatic carbocycles. The zero-order valence-electron chi connectivity index (χ0n) is 12.1. The third kappa shape index (κ3) is 3.78. The van der Waals surface area contributed by atoms with Crippen molar-refractivity contribution in [3.63, 3.8) is 0 Å². The summed E-state index contributed by atoms with van der Waals surface area (Å²) in [5.74, 6) is 0. The monoisotopic (exact) mass is 304 g/mol. The van der Waals surface area contributed by atoms with Gasteiger partial charge in [0.1, 0.15) is 0 Å². The first-order valence-corrected chi connectivity index (χ1v) is 9.09. The highest BCUT2D eigenvalue weighted by atomic mass is 32.2. The largest absolute Gasteiger partial charge is 0.312 e. The molecular weight excluding hydrogens is 280 g/mol. The predicted molar refractivity (Wildman–Crippen MR) is 81.0 cm³/mol. The van der Waals surface area contributed by atoms with E-state index in [0.717, 1.165) is 17.8 Å². The van der Waals surface area contributed by atoms with Crippen LogP contribution in [0.4, 0.5) is 0 Å². The Morgan fingerprint density at radius 2 is 2.05 bits per heavy atom. The Morgan fingerprint density at radius 3 is 2.58 bits per heavy atom. The number of rotatable bonds is 8. The fourth-order valence-electron chi connectivity index (χ4n) is 1.97. The van der Waals surface area contributed by atoms with Crippen LogP contribution < -0.4 is 5.32 Å². The Labute approximate surface area is 120 Å². The Kier molecular flexibility index (Phi) is 6.46. The Bertz CT molecular complexity index is 483. The minimum atomic E-state index is -3.38. The van der Waals surface area contributed by atoms with E-state index >= 15 is 0 Å². The van der Waals surface area contributed by atoms with Crippen LogP contribution in [0, 0.1) is 0 Å². The zero-order chi connectivity index (χ0) is 14.5. The minimum absolute atomic E-state index is 0.0295. The van der Waals surface area contributed by atoms with Gasteiger partial charge in [0.05, 0.1) is 4.90 Å². The first-order valence-electron chi connectivity index (χ1n) is 6.77. The molecular formula is C13H24N2O2S2. The summed E-state index contributed by atoms with van der Waals surface area (Å²) in [4.78, 5) is 1.35. The Hall–Kier alpha value is -0.430. The molecule has 0 bridgehead atoms. The summed E-state index contributed by atoms with van der Waals surface area (Å²) in [6.45, 7) is 9.82. The quantitative estimate of drug-likeness (QED) is 0.803. The normalized spacial score (nSPS) is 13.9. The summed E-state index contributed by atoms with van der Waals surface area (Å²) in [5.41, 5.74) is 0. The van der Waals surface area contributed by atoms with Crippen molar-refractivity contribution >= 4 is 21.4 Å². The van der Waals surface area contributed by atoms with Crippen LogP contribution >= 0.6 is 11.3 Å². The van der Waals surface area contributed by atoms with Crippen LogP contribution in [0.3, 0.4) is 0 Å². The van der Waals surface area contributed by atoms with Crippen molar-refractivity contribution in [3.8, 4) is 0 Å². The van der Waals surface area contributed by atoms with Gasteiger partial charge >= 0.3 is 0 Å². The molecule has 1 rings (SSSR count). The van der Waals surface area contributed by atoms with Crippen LogP contribution in [0.2, 0.25) is 0 Å². The molecule has 0 saturated heterocycles. The van der Waals surface area contributed by atoms with Crippen LogP contribution in [0.5, 0.6) is 0 Å². The summed E-state index contributed by atoms with van der Waals surface area (Å²) < 4.78 is 27.0. The Morgan fingerprint density at radius 1 is 1.37 bits per heavy atom. The van der Waals surface area contributed by atoms with Gasteiger partial charge in [-0.25, -0.2) is 8.42 Å². The molecule has 19 heavy (non-hydrogen) atoms. The van der Waals surface area contributed by atoms with Crippen molar-refractivity contribution in [2.45, 2.75) is 51.6 Å². The average Bonchev–Trinajstić information content (AvgIpc) is 2.85. The second-order valence-electron chi connectivity index (χ2n) is 4.45. The topological polar surface area (TPSA) is 49.4 Å². The number of nitrogens with one attached hydrogen (secondary N) is 1. The van der Waals surface area contributed by atoms with E-state index in [-0.39, 0.29) is 6.04 Å². The van der Waals surface area contributed by atoms with Crippen molar-refractivity contribution in [1.29, 1.82) is 0 Å². The average molecular weight is 304 g/mol. The number of thiophene rings is 1. The highest BCUT2D eigenvalue weighted by Gasteiger charge is 2.29. The molecule has 0 radical (unpaired) electrons. The number of nitrogens with zero attached hydrogens (tertiary/aromatic N) is 1. The maximum atomic E-state index is 12.7. The molecule has 1 heterocycles. The highest BCUT2D eigenvalue weighted by molar-refractivity contribution is 7.89. The molecule has 4 nitrogen and oxygen atoms in total. The lowest BCUT2D eigenvalue weighted by molar-refractivity contribution is 0.342. The molecule has 1 atom stereocenters. The molecule has 1 N–H and O–H groups in total. The first kappa shape index (κ1) is 16.6. The van der Waals surface area contributed by atoms with Crippen LogP contribution in [0.25, 0.3) is 0 Å². The van der Waals surface area contributed by atoms with Crippen molar-refractivity contribution in [3.05, 3.63) is 16.3 Å². The van der Waals surface area contributed by atoms with E-state index in [2.05, 4.69) is 5.32 Å². The molecule has 1 aromatic rings. The molecule has 1 unspecified atom stereocenters. The lowest BCUT2D eigenvalue weighted by Gasteiger charge is -2.26. The van der Waals surface area contributed by atoms with E-state index in [1.807, 2.05) is 33.1 Å². The van der Waals surface area contributed by atoms with Crippen LogP contribution in [-0.4, -0.2) is 31.9 Å². The molecule has 110 valence electrons. The minimum Gasteiger partial charge on any atom is -0.312 e. The summed E-state index contributed by atoms with van der Waals surface area (Å²) >= 11 is 1.50. The standard InChI is InChI=1S/C13H24N2O2S2/c1-5-11(4)15(7-3)19(16,17)13-8-9-18-12(13)10-14-6-2/h8-9,11,14H,5-7,10H2,1-4H3. The maximum absolute atomic E-state index is 12.7. The second-order valence-corrected chi connectivity index (χ2v) is 7.31. The number of hydrogen-bond acceptors (Lipinski definition) is 4. The molecule has 0 saturated carbocycles. The van der Waals surface area contributed by atoms with Gasteiger partial charge in [-0.05, 0) is 31.3 Å². The van der Waals surface area contributed by atoms with Gasteiger partial charge in [-0.1, -0.05) is 20.8 Å². The molecule has 0 spiro atoms. The van der Waals surface area contributed by atoms with Crippen LogP contribution in [-0.2, 0) is 16.6 Å². The maximum Gasteiger partial charge on any atom is 0.244 e. The van der Waals surface area contributed by atoms with Gasteiger partial charge in [0, 0.05) is 24.0 Å². The highest BCUT2D eigenvalue weighted by Crippen LogP contribution is 2.26. The number of sulfonamides is 1. The van der Waals surface area contributed by atoms with E-state index in [1.165, 1.54) is 11.3 Å². The summed E-state index contributed by atoms with van der Waals surface area (Å²) in [6.07, 6.45) is 0.819. The smallest absolute Gasteiger partial charge is 0.244 e. The first-order chi connectivity index (χ1) is 8.98. The van der Waals surface area contributed by atoms with Gasteiger partial charge < -0.3 is 5.32 Å². The zero-order valence-corrected chi connectivity index (χ0v) is 13.8. The van der Waals surface area contributed by atoms with E-state index in [0.29, 0.717) is 18.0 Å². The lowest BCUT2D eigenvalue weighted by Crippen LogP contribution is -2.38.